The Morgan fingerprint density at radius 3 is 2.67 bits per heavy atom. The maximum absolute atomic E-state index is 13.4. The summed E-state index contributed by atoms with van der Waals surface area (Å²) in [6.07, 6.45) is 5.49. The van der Waals surface area contributed by atoms with E-state index in [4.69, 9.17) is 0 Å². The van der Waals surface area contributed by atoms with Crippen LogP contribution >= 0.6 is 0 Å². The first kappa shape index (κ1) is 20.6. The molecule has 0 spiro atoms. The number of nitrogens with zero attached hydrogens (tertiary/aromatic N) is 3. The van der Waals surface area contributed by atoms with E-state index in [-0.39, 0.29) is 10.8 Å². The van der Waals surface area contributed by atoms with Gasteiger partial charge in [0, 0.05) is 30.8 Å². The maximum atomic E-state index is 13.4. The molecule has 1 amide bonds. The van der Waals surface area contributed by atoms with Crippen molar-refractivity contribution >= 4 is 33.1 Å². The normalized spacial score (nSPS) is 17.4. The van der Waals surface area contributed by atoms with Gasteiger partial charge in [0.1, 0.15) is 10.7 Å². The lowest BCUT2D eigenvalue weighted by Gasteiger charge is -2.30. The average Bonchev–Trinajstić information content (AvgIpc) is 2.99. The number of anilines is 2. The number of carbonyl (C=O) groups excluding carboxylic acids is 1. The number of rotatable bonds is 5. The predicted molar refractivity (Wildman–Crippen MR) is 120 cm³/mol. The molecule has 0 unspecified atom stereocenters. The molecule has 2 aliphatic rings. The summed E-state index contributed by atoms with van der Waals surface area (Å²) in [6, 6.07) is 14.5. The van der Waals surface area contributed by atoms with E-state index in [0.717, 1.165) is 44.3 Å². The number of sulfonamides is 1. The molecule has 1 saturated heterocycles. The van der Waals surface area contributed by atoms with Crippen molar-refractivity contribution in [3.63, 3.8) is 0 Å². The second-order valence-corrected chi connectivity index (χ2v) is 9.35. The molecule has 0 bridgehead atoms. The molecule has 0 aromatic heterocycles. The second-order valence-electron chi connectivity index (χ2n) is 7.77. The number of benzene rings is 2. The predicted octanol–water partition coefficient (Wildman–Crippen LogP) is 4.61. The fourth-order valence-electron chi connectivity index (χ4n) is 4.04. The Labute approximate surface area is 178 Å². The third-order valence-corrected chi connectivity index (χ3v) is 6.98. The minimum Gasteiger partial charge on any atom is -0.328 e. The highest BCUT2D eigenvalue weighted by atomic mass is 32.2. The first-order valence-corrected chi connectivity index (χ1v) is 12.1. The van der Waals surface area contributed by atoms with E-state index in [1.54, 1.807) is 17.0 Å². The molecule has 0 N–H and O–H groups in total. The van der Waals surface area contributed by atoms with Crippen molar-refractivity contribution in [3.05, 3.63) is 54.1 Å². The summed E-state index contributed by atoms with van der Waals surface area (Å²) in [4.78, 5) is 17.2. The highest BCUT2D eigenvalue weighted by Crippen LogP contribution is 2.35. The Bertz CT molecular complexity index is 1060. The van der Waals surface area contributed by atoms with E-state index < -0.39 is 10.0 Å². The molecule has 4 rings (SSSR count). The molecule has 1 fully saturated rings. The summed E-state index contributed by atoms with van der Waals surface area (Å²) < 4.78 is 29.9. The fraction of sp³-hybridized carbons (Fsp3) is 0.391. The molecule has 2 aromatic rings. The molecule has 2 aromatic carbocycles. The van der Waals surface area contributed by atoms with Crippen molar-refractivity contribution in [2.75, 3.05) is 22.9 Å². The third kappa shape index (κ3) is 3.99. The number of amidine groups is 1. The van der Waals surface area contributed by atoms with E-state index in [1.165, 1.54) is 6.07 Å². The quantitative estimate of drug-likeness (QED) is 0.701. The van der Waals surface area contributed by atoms with E-state index in [9.17, 15) is 13.2 Å². The smallest absolute Gasteiger partial charge is 0.286 e. The van der Waals surface area contributed by atoms with Crippen LogP contribution < -0.4 is 9.80 Å². The van der Waals surface area contributed by atoms with Crippen LogP contribution in [0, 0.1) is 0 Å². The summed E-state index contributed by atoms with van der Waals surface area (Å²) in [5.74, 6) is 0.422. The zero-order valence-electron chi connectivity index (χ0n) is 17.3. The summed E-state index contributed by atoms with van der Waals surface area (Å²) in [5.41, 5.74) is 1.81. The van der Waals surface area contributed by atoms with Crippen molar-refractivity contribution in [2.45, 2.75) is 50.3 Å². The van der Waals surface area contributed by atoms with Crippen molar-refractivity contribution in [3.8, 4) is 0 Å². The number of hydrogen-bond acceptors (Lipinski definition) is 4. The fourth-order valence-corrected chi connectivity index (χ4v) is 5.32. The standard InChI is InChI=1S/C23H27N3O3S/c1-2-3-15-25(19-10-6-4-7-11-19)23(27)18-13-14-20-21(17-18)30(28,29)24-22-12-8-5-9-16-26(20)22/h4,6-7,10-11,13-14,17H,2-3,5,8-9,12,15-16H2,1H3. The van der Waals surface area contributed by atoms with Crippen molar-refractivity contribution in [1.82, 2.24) is 0 Å². The van der Waals surface area contributed by atoms with E-state index in [1.807, 2.05) is 35.2 Å². The zero-order chi connectivity index (χ0) is 21.1. The molecule has 0 saturated carbocycles. The molecule has 30 heavy (non-hydrogen) atoms. The zero-order valence-corrected chi connectivity index (χ0v) is 18.1. The summed E-state index contributed by atoms with van der Waals surface area (Å²) in [6.45, 7) is 3.41. The molecule has 2 aliphatic heterocycles. The molecular formula is C23H27N3O3S. The van der Waals surface area contributed by atoms with Crippen LogP contribution in [0.3, 0.4) is 0 Å². The van der Waals surface area contributed by atoms with Gasteiger partial charge in [0.2, 0.25) is 0 Å². The SMILES string of the molecule is CCCCN(C(=O)c1ccc2c(c1)S(=O)(=O)N=C1CCCCCN12)c1ccccc1. The Balaban J connectivity index is 1.73. The number of para-hydroxylation sites is 1. The van der Waals surface area contributed by atoms with Gasteiger partial charge in [-0.25, -0.2) is 0 Å². The van der Waals surface area contributed by atoms with Gasteiger partial charge in [-0.05, 0) is 49.6 Å². The van der Waals surface area contributed by atoms with Gasteiger partial charge in [-0.15, -0.1) is 4.40 Å². The number of unbranched alkanes of at least 4 members (excludes halogenated alkanes) is 1. The Kier molecular flexibility index (Phi) is 5.90. The molecule has 6 nitrogen and oxygen atoms in total. The van der Waals surface area contributed by atoms with Crippen LogP contribution in [0.2, 0.25) is 0 Å². The summed E-state index contributed by atoms with van der Waals surface area (Å²) in [7, 11) is -3.82. The van der Waals surface area contributed by atoms with Gasteiger partial charge in [0.15, 0.2) is 0 Å². The molecule has 0 atom stereocenters. The highest BCUT2D eigenvalue weighted by Gasteiger charge is 2.32. The summed E-state index contributed by atoms with van der Waals surface area (Å²) in [5, 5.41) is 0. The number of hydrogen-bond donors (Lipinski definition) is 0. The van der Waals surface area contributed by atoms with Gasteiger partial charge in [0.25, 0.3) is 15.9 Å². The topological polar surface area (TPSA) is 70.0 Å². The lowest BCUT2D eigenvalue weighted by Crippen LogP contribution is -2.36. The maximum Gasteiger partial charge on any atom is 0.286 e. The first-order valence-electron chi connectivity index (χ1n) is 10.6. The Hall–Kier alpha value is -2.67. The number of carbonyl (C=O) groups is 1. The Morgan fingerprint density at radius 2 is 1.90 bits per heavy atom. The lowest BCUT2D eigenvalue weighted by atomic mass is 10.1. The first-order chi connectivity index (χ1) is 14.5. The van der Waals surface area contributed by atoms with Gasteiger partial charge in [-0.3, -0.25) is 4.79 Å². The van der Waals surface area contributed by atoms with Crippen LogP contribution in [0.1, 0.15) is 55.8 Å². The number of fused-ring (bicyclic) bond motifs is 3. The van der Waals surface area contributed by atoms with Gasteiger partial charge in [-0.2, -0.15) is 8.42 Å². The molecule has 158 valence electrons. The molecular weight excluding hydrogens is 398 g/mol. The van der Waals surface area contributed by atoms with E-state index in [0.29, 0.717) is 30.1 Å². The largest absolute Gasteiger partial charge is 0.328 e. The second kappa shape index (κ2) is 8.60. The van der Waals surface area contributed by atoms with Crippen LogP contribution in [-0.4, -0.2) is 33.3 Å². The number of amides is 1. The van der Waals surface area contributed by atoms with E-state index in [2.05, 4.69) is 11.3 Å². The third-order valence-electron chi connectivity index (χ3n) is 5.64. The molecule has 2 heterocycles. The van der Waals surface area contributed by atoms with Crippen LogP contribution in [0.15, 0.2) is 57.8 Å². The van der Waals surface area contributed by atoms with Crippen molar-refractivity contribution in [1.29, 1.82) is 0 Å². The van der Waals surface area contributed by atoms with Crippen LogP contribution in [0.4, 0.5) is 11.4 Å². The summed E-state index contributed by atoms with van der Waals surface area (Å²) >= 11 is 0. The van der Waals surface area contributed by atoms with Crippen LogP contribution in [0.25, 0.3) is 0 Å². The lowest BCUT2D eigenvalue weighted by molar-refractivity contribution is 0.0986. The molecule has 0 aliphatic carbocycles. The minimum absolute atomic E-state index is 0.127. The highest BCUT2D eigenvalue weighted by molar-refractivity contribution is 7.90. The van der Waals surface area contributed by atoms with Gasteiger partial charge < -0.3 is 9.80 Å². The van der Waals surface area contributed by atoms with Crippen molar-refractivity contribution in [2.24, 2.45) is 4.40 Å². The van der Waals surface area contributed by atoms with Crippen molar-refractivity contribution < 1.29 is 13.2 Å². The Morgan fingerprint density at radius 1 is 1.10 bits per heavy atom. The molecule has 7 heteroatoms. The van der Waals surface area contributed by atoms with E-state index >= 15 is 0 Å². The van der Waals surface area contributed by atoms with Crippen LogP contribution in [-0.2, 0) is 10.0 Å². The minimum atomic E-state index is -3.82. The monoisotopic (exact) mass is 425 g/mol. The van der Waals surface area contributed by atoms with Gasteiger partial charge in [-0.1, -0.05) is 38.0 Å². The van der Waals surface area contributed by atoms with Gasteiger partial charge >= 0.3 is 0 Å². The molecule has 0 radical (unpaired) electrons. The van der Waals surface area contributed by atoms with Crippen LogP contribution in [0.5, 0.6) is 0 Å². The van der Waals surface area contributed by atoms with Gasteiger partial charge in [0.05, 0.1) is 5.69 Å². The average molecular weight is 426 g/mol.